The highest BCUT2D eigenvalue weighted by Crippen LogP contribution is 2.28. The average molecular weight is 445 g/mol. The predicted octanol–water partition coefficient (Wildman–Crippen LogP) is 2.79. The summed E-state index contributed by atoms with van der Waals surface area (Å²) in [6.07, 6.45) is 6.71. The molecule has 4 heterocycles. The van der Waals surface area contributed by atoms with Crippen LogP contribution in [0.4, 0.5) is 17.2 Å². The number of aromatic nitrogens is 5. The molecule has 4 aromatic rings. The number of morpholine rings is 1. The van der Waals surface area contributed by atoms with Gasteiger partial charge in [-0.1, -0.05) is 0 Å². The van der Waals surface area contributed by atoms with Crippen LogP contribution in [0, 0.1) is 0 Å². The molecule has 0 atom stereocenters. The standard InChI is InChI=1S/C23H23N7O3/c1-29-14-26-20-17(11-24-13-19(20)29)18-12-25-22(21(28-18)23(31)32-2)27-15-3-5-16(6-4-15)30-7-9-33-10-8-30/h3-6,11-14H,7-10H2,1-2H3,(H,25,27). The summed E-state index contributed by atoms with van der Waals surface area (Å²) in [7, 11) is 3.21. The van der Waals surface area contributed by atoms with E-state index in [0.717, 1.165) is 48.7 Å². The Balaban J connectivity index is 1.46. The van der Waals surface area contributed by atoms with Crippen LogP contribution < -0.4 is 10.2 Å². The van der Waals surface area contributed by atoms with E-state index in [4.69, 9.17) is 9.47 Å². The van der Waals surface area contributed by atoms with Gasteiger partial charge in [-0.2, -0.15) is 0 Å². The molecule has 1 aliphatic heterocycles. The molecule has 3 aromatic heterocycles. The van der Waals surface area contributed by atoms with Crippen LogP contribution in [0.5, 0.6) is 0 Å². The molecule has 0 amide bonds. The van der Waals surface area contributed by atoms with E-state index in [2.05, 4.69) is 30.2 Å². The minimum absolute atomic E-state index is 0.0835. The predicted molar refractivity (Wildman–Crippen MR) is 124 cm³/mol. The minimum atomic E-state index is -0.585. The topological polar surface area (TPSA) is 107 Å². The van der Waals surface area contributed by atoms with Crippen LogP contribution in [0.25, 0.3) is 22.3 Å². The van der Waals surface area contributed by atoms with Crippen LogP contribution in [0.3, 0.4) is 0 Å². The van der Waals surface area contributed by atoms with Gasteiger partial charge in [-0.25, -0.2) is 19.7 Å². The molecule has 1 fully saturated rings. The molecule has 0 radical (unpaired) electrons. The molecule has 1 saturated heterocycles. The van der Waals surface area contributed by atoms with Gasteiger partial charge in [-0.15, -0.1) is 0 Å². The highest BCUT2D eigenvalue weighted by molar-refractivity contribution is 5.95. The number of carbonyl (C=O) groups excluding carboxylic acids is 1. The number of hydrogen-bond acceptors (Lipinski definition) is 9. The largest absolute Gasteiger partial charge is 0.464 e. The van der Waals surface area contributed by atoms with Crippen molar-refractivity contribution in [2.75, 3.05) is 43.6 Å². The Bertz CT molecular complexity index is 1300. The van der Waals surface area contributed by atoms with Crippen molar-refractivity contribution in [3.8, 4) is 11.3 Å². The molecule has 1 aromatic carbocycles. The number of nitrogens with zero attached hydrogens (tertiary/aromatic N) is 6. The zero-order chi connectivity index (χ0) is 22.8. The SMILES string of the molecule is COC(=O)c1nc(-c2cncc3c2ncn3C)cnc1Nc1ccc(N2CCOCC2)cc1. The number of methoxy groups -OCH3 is 1. The maximum Gasteiger partial charge on any atom is 0.360 e. The van der Waals surface area contributed by atoms with Crippen molar-refractivity contribution >= 4 is 34.2 Å². The van der Waals surface area contributed by atoms with E-state index in [0.29, 0.717) is 17.1 Å². The first-order valence-electron chi connectivity index (χ1n) is 10.5. The fraction of sp³-hybridized carbons (Fsp3) is 0.261. The number of carbonyl (C=O) groups is 1. The summed E-state index contributed by atoms with van der Waals surface area (Å²) in [4.78, 5) is 32.5. The van der Waals surface area contributed by atoms with Crippen LogP contribution in [0.1, 0.15) is 10.5 Å². The van der Waals surface area contributed by atoms with Crippen molar-refractivity contribution in [2.45, 2.75) is 0 Å². The van der Waals surface area contributed by atoms with E-state index in [1.54, 1.807) is 24.9 Å². The smallest absolute Gasteiger partial charge is 0.360 e. The molecule has 33 heavy (non-hydrogen) atoms. The van der Waals surface area contributed by atoms with Gasteiger partial charge in [-0.05, 0) is 24.3 Å². The second kappa shape index (κ2) is 8.83. The molecular weight excluding hydrogens is 422 g/mol. The zero-order valence-corrected chi connectivity index (χ0v) is 18.4. The molecule has 10 nitrogen and oxygen atoms in total. The van der Waals surface area contributed by atoms with E-state index < -0.39 is 5.97 Å². The Morgan fingerprint density at radius 3 is 2.64 bits per heavy atom. The number of fused-ring (bicyclic) bond motifs is 1. The lowest BCUT2D eigenvalue weighted by Gasteiger charge is -2.28. The molecule has 5 rings (SSSR count). The first-order valence-corrected chi connectivity index (χ1v) is 10.5. The molecule has 0 aliphatic carbocycles. The van der Waals surface area contributed by atoms with Crippen LogP contribution in [-0.2, 0) is 16.5 Å². The fourth-order valence-electron chi connectivity index (χ4n) is 3.79. The van der Waals surface area contributed by atoms with Crippen molar-refractivity contribution in [1.29, 1.82) is 0 Å². The normalized spacial score (nSPS) is 13.8. The summed E-state index contributed by atoms with van der Waals surface area (Å²) >= 11 is 0. The molecule has 168 valence electrons. The van der Waals surface area contributed by atoms with E-state index in [-0.39, 0.29) is 5.69 Å². The summed E-state index contributed by atoms with van der Waals surface area (Å²) in [6.45, 7) is 3.19. The number of ether oxygens (including phenoxy) is 2. The first kappa shape index (κ1) is 20.8. The van der Waals surface area contributed by atoms with Gasteiger partial charge in [0, 0.05) is 43.3 Å². The van der Waals surface area contributed by atoms with Gasteiger partial charge >= 0.3 is 5.97 Å². The van der Waals surface area contributed by atoms with Crippen LogP contribution >= 0.6 is 0 Å². The van der Waals surface area contributed by atoms with Gasteiger partial charge in [0.25, 0.3) is 0 Å². The number of anilines is 3. The summed E-state index contributed by atoms with van der Waals surface area (Å²) in [5.41, 5.74) is 4.75. The molecule has 0 saturated carbocycles. The van der Waals surface area contributed by atoms with Crippen molar-refractivity contribution in [1.82, 2.24) is 24.5 Å². The Kier molecular flexibility index (Phi) is 5.57. The van der Waals surface area contributed by atoms with Gasteiger partial charge in [0.1, 0.15) is 5.52 Å². The van der Waals surface area contributed by atoms with Crippen LogP contribution in [0.2, 0.25) is 0 Å². The van der Waals surface area contributed by atoms with Gasteiger partial charge in [-0.3, -0.25) is 4.98 Å². The summed E-state index contributed by atoms with van der Waals surface area (Å²) in [5, 5.41) is 3.18. The van der Waals surface area contributed by atoms with Crippen LogP contribution in [-0.4, -0.2) is 63.9 Å². The average Bonchev–Trinajstić information content (AvgIpc) is 3.26. The lowest BCUT2D eigenvalue weighted by Crippen LogP contribution is -2.36. The number of pyridine rings is 1. The van der Waals surface area contributed by atoms with Crippen molar-refractivity contribution in [3.05, 3.63) is 54.9 Å². The quantitative estimate of drug-likeness (QED) is 0.464. The third-order valence-electron chi connectivity index (χ3n) is 5.57. The van der Waals surface area contributed by atoms with E-state index in [1.807, 2.05) is 35.9 Å². The highest BCUT2D eigenvalue weighted by Gasteiger charge is 2.19. The first-order chi connectivity index (χ1) is 16.1. The van der Waals surface area contributed by atoms with Gasteiger partial charge in [0.05, 0.1) is 50.3 Å². The number of nitrogens with one attached hydrogen (secondary N) is 1. The van der Waals surface area contributed by atoms with Crippen molar-refractivity contribution in [2.24, 2.45) is 7.05 Å². The molecule has 10 heteroatoms. The number of esters is 1. The monoisotopic (exact) mass is 445 g/mol. The van der Waals surface area contributed by atoms with Crippen molar-refractivity contribution in [3.63, 3.8) is 0 Å². The molecular formula is C23H23N7O3. The summed E-state index contributed by atoms with van der Waals surface area (Å²) < 4.78 is 12.2. The Morgan fingerprint density at radius 2 is 1.88 bits per heavy atom. The molecule has 1 N–H and O–H groups in total. The van der Waals surface area contributed by atoms with E-state index in [9.17, 15) is 4.79 Å². The summed E-state index contributed by atoms with van der Waals surface area (Å²) in [6, 6.07) is 7.95. The number of hydrogen-bond donors (Lipinski definition) is 1. The zero-order valence-electron chi connectivity index (χ0n) is 18.4. The number of imidazole rings is 1. The lowest BCUT2D eigenvalue weighted by atomic mass is 10.2. The van der Waals surface area contributed by atoms with Gasteiger partial charge in [0.2, 0.25) is 0 Å². The number of aryl methyl sites for hydroxylation is 1. The Labute approximate surface area is 190 Å². The van der Waals surface area contributed by atoms with Gasteiger partial charge in [0.15, 0.2) is 11.5 Å². The van der Waals surface area contributed by atoms with Crippen LogP contribution in [0.15, 0.2) is 49.2 Å². The highest BCUT2D eigenvalue weighted by atomic mass is 16.5. The second-order valence-electron chi connectivity index (χ2n) is 7.63. The third kappa shape index (κ3) is 4.08. The lowest BCUT2D eigenvalue weighted by molar-refractivity contribution is 0.0595. The minimum Gasteiger partial charge on any atom is -0.464 e. The molecule has 0 spiro atoms. The van der Waals surface area contributed by atoms with E-state index >= 15 is 0 Å². The third-order valence-corrected chi connectivity index (χ3v) is 5.57. The fourth-order valence-corrected chi connectivity index (χ4v) is 3.79. The number of benzene rings is 1. The Hall–Kier alpha value is -4.05. The molecule has 0 unspecified atom stereocenters. The maximum absolute atomic E-state index is 12.5. The summed E-state index contributed by atoms with van der Waals surface area (Å²) in [5.74, 6) is -0.274. The molecule has 1 aliphatic rings. The van der Waals surface area contributed by atoms with Crippen molar-refractivity contribution < 1.29 is 14.3 Å². The van der Waals surface area contributed by atoms with Gasteiger partial charge < -0.3 is 24.3 Å². The van der Waals surface area contributed by atoms with E-state index in [1.165, 1.54) is 7.11 Å². The number of rotatable bonds is 5. The maximum atomic E-state index is 12.5. The Morgan fingerprint density at radius 1 is 1.09 bits per heavy atom. The molecule has 0 bridgehead atoms. The second-order valence-corrected chi connectivity index (χ2v) is 7.63.